The minimum atomic E-state index is -0.0414. The first-order valence-electron chi connectivity index (χ1n) is 9.32. The molecule has 0 unspecified atom stereocenters. The van der Waals surface area contributed by atoms with Crippen molar-refractivity contribution in [2.24, 2.45) is 5.92 Å². The quantitative estimate of drug-likeness (QED) is 0.803. The van der Waals surface area contributed by atoms with Crippen molar-refractivity contribution in [2.45, 2.75) is 25.8 Å². The molecule has 8 heteroatoms. The normalized spacial score (nSPS) is 17.6. The van der Waals surface area contributed by atoms with E-state index in [-0.39, 0.29) is 24.5 Å². The summed E-state index contributed by atoms with van der Waals surface area (Å²) in [6, 6.07) is 5.59. The molecular weight excluding hydrogens is 378 g/mol. The number of anilines is 1. The molecular formula is C20H19N3O4S. The van der Waals surface area contributed by atoms with E-state index in [1.54, 1.807) is 17.1 Å². The number of carbonyl (C=O) groups is 2. The number of rotatable bonds is 4. The molecule has 3 heterocycles. The van der Waals surface area contributed by atoms with Gasteiger partial charge in [0.15, 0.2) is 16.6 Å². The van der Waals surface area contributed by atoms with Crippen LogP contribution < -0.4 is 14.8 Å². The van der Waals surface area contributed by atoms with E-state index in [1.165, 1.54) is 11.3 Å². The summed E-state index contributed by atoms with van der Waals surface area (Å²) in [5, 5.41) is 3.55. The minimum absolute atomic E-state index is 0.0414. The number of nitrogens with one attached hydrogen (secondary N) is 1. The van der Waals surface area contributed by atoms with Crippen LogP contribution in [-0.4, -0.2) is 35.0 Å². The Labute approximate surface area is 166 Å². The second-order valence-corrected chi connectivity index (χ2v) is 8.19. The van der Waals surface area contributed by atoms with E-state index in [1.807, 2.05) is 18.2 Å². The molecule has 28 heavy (non-hydrogen) atoms. The molecule has 0 spiro atoms. The predicted molar refractivity (Wildman–Crippen MR) is 104 cm³/mol. The third-order valence-corrected chi connectivity index (χ3v) is 6.03. The van der Waals surface area contributed by atoms with Gasteiger partial charge in [0, 0.05) is 29.8 Å². The summed E-state index contributed by atoms with van der Waals surface area (Å²) >= 11 is 1.47. The molecule has 1 saturated carbocycles. The molecule has 3 aliphatic rings. The third kappa shape index (κ3) is 3.47. The van der Waals surface area contributed by atoms with Crippen molar-refractivity contribution in [3.63, 3.8) is 0 Å². The van der Waals surface area contributed by atoms with Gasteiger partial charge in [0.1, 0.15) is 0 Å². The van der Waals surface area contributed by atoms with Crippen molar-refractivity contribution in [1.82, 2.24) is 9.88 Å². The number of carbonyl (C=O) groups excluding carboxylic acids is 2. The van der Waals surface area contributed by atoms with Crippen LogP contribution in [0.5, 0.6) is 11.5 Å². The first kappa shape index (κ1) is 17.2. The monoisotopic (exact) mass is 397 g/mol. The summed E-state index contributed by atoms with van der Waals surface area (Å²) in [4.78, 5) is 31.9. The first-order chi connectivity index (χ1) is 13.7. The van der Waals surface area contributed by atoms with Crippen LogP contribution in [0.25, 0.3) is 6.08 Å². The van der Waals surface area contributed by atoms with Crippen LogP contribution in [0, 0.1) is 5.92 Å². The molecule has 2 aliphatic heterocycles. The Morgan fingerprint density at radius 1 is 1.25 bits per heavy atom. The van der Waals surface area contributed by atoms with Crippen molar-refractivity contribution in [1.29, 1.82) is 0 Å². The summed E-state index contributed by atoms with van der Waals surface area (Å²) in [5.41, 5.74) is 1.87. The van der Waals surface area contributed by atoms with Crippen molar-refractivity contribution in [3.8, 4) is 11.5 Å². The molecule has 1 aliphatic carbocycles. The maximum absolute atomic E-state index is 12.6. The fourth-order valence-corrected chi connectivity index (χ4v) is 4.31. The van der Waals surface area contributed by atoms with Gasteiger partial charge in [-0.25, -0.2) is 4.98 Å². The van der Waals surface area contributed by atoms with E-state index in [2.05, 4.69) is 10.3 Å². The fraction of sp³-hybridized carbons (Fsp3) is 0.350. The van der Waals surface area contributed by atoms with Gasteiger partial charge < -0.3 is 19.7 Å². The fourth-order valence-electron chi connectivity index (χ4n) is 3.28. The number of ether oxygens (including phenoxy) is 2. The number of fused-ring (bicyclic) bond motifs is 2. The number of hydrogen-bond donors (Lipinski definition) is 1. The lowest BCUT2D eigenvalue weighted by molar-refractivity contribution is -0.126. The smallest absolute Gasteiger partial charge is 0.246 e. The molecule has 0 saturated heterocycles. The summed E-state index contributed by atoms with van der Waals surface area (Å²) in [7, 11) is 0. The Morgan fingerprint density at radius 2 is 2.11 bits per heavy atom. The molecule has 2 aromatic rings. The van der Waals surface area contributed by atoms with Crippen LogP contribution in [0.2, 0.25) is 0 Å². The molecule has 2 amide bonds. The Balaban J connectivity index is 1.23. The average Bonchev–Trinajstić information content (AvgIpc) is 3.32. The molecule has 7 nitrogen and oxygen atoms in total. The van der Waals surface area contributed by atoms with Gasteiger partial charge in [-0.1, -0.05) is 17.4 Å². The highest BCUT2D eigenvalue weighted by Crippen LogP contribution is 2.34. The summed E-state index contributed by atoms with van der Waals surface area (Å²) in [6.45, 7) is 1.38. The van der Waals surface area contributed by atoms with Crippen LogP contribution >= 0.6 is 11.3 Å². The molecule has 144 valence electrons. The molecule has 1 aromatic heterocycles. The van der Waals surface area contributed by atoms with E-state index in [4.69, 9.17) is 9.47 Å². The van der Waals surface area contributed by atoms with Gasteiger partial charge in [0.2, 0.25) is 18.6 Å². The predicted octanol–water partition coefficient (Wildman–Crippen LogP) is 2.82. The van der Waals surface area contributed by atoms with Gasteiger partial charge in [-0.3, -0.25) is 9.59 Å². The molecule has 5 rings (SSSR count). The van der Waals surface area contributed by atoms with Crippen LogP contribution in [0.3, 0.4) is 0 Å². The van der Waals surface area contributed by atoms with Crippen LogP contribution in [0.1, 0.15) is 29.0 Å². The van der Waals surface area contributed by atoms with Crippen molar-refractivity contribution in [3.05, 3.63) is 40.4 Å². The topological polar surface area (TPSA) is 80.8 Å². The van der Waals surface area contributed by atoms with Crippen molar-refractivity contribution in [2.75, 3.05) is 18.7 Å². The number of amides is 2. The lowest BCUT2D eigenvalue weighted by Gasteiger charge is -2.24. The van der Waals surface area contributed by atoms with Gasteiger partial charge in [0.25, 0.3) is 0 Å². The molecule has 1 N–H and O–H groups in total. The molecule has 0 atom stereocenters. The number of aromatic nitrogens is 1. The SMILES string of the molecule is O=C(Nc1nc2c(s1)CN(C(=O)/C=C/c1ccc3c(c1)OCO3)CC2)C1CC1. The van der Waals surface area contributed by atoms with E-state index in [0.717, 1.165) is 34.7 Å². The Bertz CT molecular complexity index is 980. The van der Waals surface area contributed by atoms with Gasteiger partial charge >= 0.3 is 0 Å². The summed E-state index contributed by atoms with van der Waals surface area (Å²) < 4.78 is 10.7. The average molecular weight is 397 g/mol. The molecule has 1 aromatic carbocycles. The largest absolute Gasteiger partial charge is 0.454 e. The van der Waals surface area contributed by atoms with E-state index in [9.17, 15) is 9.59 Å². The second kappa shape index (κ2) is 6.94. The first-order valence-corrected chi connectivity index (χ1v) is 10.1. The van der Waals surface area contributed by atoms with E-state index >= 15 is 0 Å². The number of nitrogens with zero attached hydrogens (tertiary/aromatic N) is 2. The van der Waals surface area contributed by atoms with E-state index in [0.29, 0.717) is 30.4 Å². The lowest BCUT2D eigenvalue weighted by Crippen LogP contribution is -2.34. The Morgan fingerprint density at radius 3 is 2.96 bits per heavy atom. The van der Waals surface area contributed by atoms with Gasteiger partial charge in [0.05, 0.1) is 12.2 Å². The standard InChI is InChI=1S/C20H19N3O4S/c24-18(6-2-12-1-5-15-16(9-12)27-11-26-15)23-8-7-14-17(10-23)28-20(21-14)22-19(25)13-3-4-13/h1-2,5-6,9,13H,3-4,7-8,10-11H2,(H,21,22,25)/b6-2+. The van der Waals surface area contributed by atoms with Crippen molar-refractivity contribution >= 4 is 34.4 Å². The molecule has 1 fully saturated rings. The summed E-state index contributed by atoms with van der Waals surface area (Å²) in [5.74, 6) is 1.59. The second-order valence-electron chi connectivity index (χ2n) is 7.11. The highest BCUT2D eigenvalue weighted by Gasteiger charge is 2.31. The maximum atomic E-state index is 12.6. The zero-order valence-electron chi connectivity index (χ0n) is 15.1. The van der Waals surface area contributed by atoms with Gasteiger partial charge in [-0.05, 0) is 36.6 Å². The zero-order chi connectivity index (χ0) is 19.1. The van der Waals surface area contributed by atoms with E-state index < -0.39 is 0 Å². The maximum Gasteiger partial charge on any atom is 0.246 e. The van der Waals surface area contributed by atoms with Crippen LogP contribution in [-0.2, 0) is 22.6 Å². The Kier molecular flexibility index (Phi) is 4.27. The number of hydrogen-bond acceptors (Lipinski definition) is 6. The van der Waals surface area contributed by atoms with Crippen LogP contribution in [0.15, 0.2) is 24.3 Å². The zero-order valence-corrected chi connectivity index (χ0v) is 16.0. The van der Waals surface area contributed by atoms with Gasteiger partial charge in [-0.2, -0.15) is 0 Å². The number of thiazole rings is 1. The lowest BCUT2D eigenvalue weighted by atomic mass is 10.1. The van der Waals surface area contributed by atoms with Crippen LogP contribution in [0.4, 0.5) is 5.13 Å². The molecule has 0 radical (unpaired) electrons. The third-order valence-electron chi connectivity index (χ3n) is 5.04. The number of benzene rings is 1. The Hall–Kier alpha value is -2.87. The minimum Gasteiger partial charge on any atom is -0.454 e. The highest BCUT2D eigenvalue weighted by atomic mass is 32.1. The van der Waals surface area contributed by atoms with Crippen molar-refractivity contribution < 1.29 is 19.1 Å². The van der Waals surface area contributed by atoms with Gasteiger partial charge in [-0.15, -0.1) is 0 Å². The molecule has 0 bridgehead atoms. The highest BCUT2D eigenvalue weighted by molar-refractivity contribution is 7.15. The summed E-state index contributed by atoms with van der Waals surface area (Å²) in [6.07, 6.45) is 6.01.